The van der Waals surface area contributed by atoms with Crippen molar-refractivity contribution in [1.82, 2.24) is 10.2 Å². The molecule has 23 heavy (non-hydrogen) atoms. The Hall–Kier alpha value is -2.39. The molecule has 0 aliphatic heterocycles. The second kappa shape index (κ2) is 6.80. The first kappa shape index (κ1) is 15.5. The van der Waals surface area contributed by atoms with Crippen LogP contribution in [-0.2, 0) is 5.75 Å². The van der Waals surface area contributed by atoms with Gasteiger partial charge in [0.25, 0.3) is 16.8 Å². The number of thiophene rings is 1. The molecule has 0 atom stereocenters. The normalized spacial score (nSPS) is 10.7. The smallest absolute Gasteiger partial charge is 0.277 e. The van der Waals surface area contributed by atoms with Gasteiger partial charge in [-0.1, -0.05) is 17.8 Å². The molecular formula is C14H11N3O4S2. The Morgan fingerprint density at radius 3 is 2.96 bits per heavy atom. The van der Waals surface area contributed by atoms with Gasteiger partial charge in [0.1, 0.15) is 5.75 Å². The minimum Gasteiger partial charge on any atom is -0.496 e. The van der Waals surface area contributed by atoms with Gasteiger partial charge in [0.15, 0.2) is 0 Å². The molecular weight excluding hydrogens is 338 g/mol. The number of hydrogen-bond acceptors (Lipinski definition) is 8. The molecule has 0 spiro atoms. The van der Waals surface area contributed by atoms with E-state index in [4.69, 9.17) is 9.15 Å². The molecule has 0 N–H and O–H groups in total. The summed E-state index contributed by atoms with van der Waals surface area (Å²) in [5, 5.41) is 21.2. The summed E-state index contributed by atoms with van der Waals surface area (Å²) in [5.74, 6) is 1.48. The lowest BCUT2D eigenvalue weighted by Gasteiger charge is -2.06. The first-order valence-electron chi connectivity index (χ1n) is 6.49. The highest BCUT2D eigenvalue weighted by atomic mass is 32.2. The number of nitro groups is 1. The molecule has 0 fully saturated rings. The first-order valence-corrected chi connectivity index (χ1v) is 8.35. The van der Waals surface area contributed by atoms with Crippen LogP contribution < -0.4 is 4.74 Å². The molecule has 0 aliphatic rings. The van der Waals surface area contributed by atoms with Gasteiger partial charge in [0.05, 0.1) is 16.9 Å². The number of methoxy groups -OCH3 is 1. The highest BCUT2D eigenvalue weighted by Gasteiger charge is 2.14. The maximum absolute atomic E-state index is 10.9. The monoisotopic (exact) mass is 349 g/mol. The number of aromatic nitrogens is 2. The maximum Gasteiger partial charge on any atom is 0.277 e. The topological polar surface area (TPSA) is 91.3 Å². The molecule has 0 aliphatic carbocycles. The Morgan fingerprint density at radius 2 is 2.26 bits per heavy atom. The summed E-state index contributed by atoms with van der Waals surface area (Å²) in [4.78, 5) is 11.3. The van der Waals surface area contributed by atoms with Gasteiger partial charge in [0, 0.05) is 23.4 Å². The van der Waals surface area contributed by atoms with E-state index < -0.39 is 4.92 Å². The van der Waals surface area contributed by atoms with Crippen molar-refractivity contribution in [3.8, 4) is 16.5 Å². The maximum atomic E-state index is 10.9. The Balaban J connectivity index is 1.75. The van der Waals surface area contributed by atoms with Gasteiger partial charge >= 0.3 is 0 Å². The summed E-state index contributed by atoms with van der Waals surface area (Å²) in [6.45, 7) is 0. The van der Waals surface area contributed by atoms with Crippen LogP contribution in [0.2, 0.25) is 0 Å². The average Bonchev–Trinajstić information content (AvgIpc) is 3.23. The molecule has 0 amide bonds. The predicted octanol–water partition coefficient (Wildman–Crippen LogP) is 4.01. The Morgan fingerprint density at radius 1 is 1.39 bits per heavy atom. The second-order valence-electron chi connectivity index (χ2n) is 4.39. The molecule has 0 unspecified atom stereocenters. The fraction of sp³-hybridized carbons (Fsp3) is 0.143. The van der Waals surface area contributed by atoms with E-state index in [0.29, 0.717) is 28.2 Å². The van der Waals surface area contributed by atoms with Crippen LogP contribution in [-0.4, -0.2) is 22.2 Å². The van der Waals surface area contributed by atoms with Gasteiger partial charge in [-0.2, -0.15) is 0 Å². The van der Waals surface area contributed by atoms with E-state index in [9.17, 15) is 10.1 Å². The molecule has 9 heteroatoms. The Bertz CT molecular complexity index is 817. The lowest BCUT2D eigenvalue weighted by atomic mass is 10.2. The molecule has 7 nitrogen and oxygen atoms in total. The minimum atomic E-state index is -0.435. The Kier molecular flexibility index (Phi) is 4.58. The lowest BCUT2D eigenvalue weighted by molar-refractivity contribution is -0.384. The van der Waals surface area contributed by atoms with E-state index in [0.717, 1.165) is 4.88 Å². The molecule has 0 bridgehead atoms. The molecule has 2 aromatic heterocycles. The lowest BCUT2D eigenvalue weighted by Crippen LogP contribution is -1.94. The van der Waals surface area contributed by atoms with E-state index in [1.807, 2.05) is 17.5 Å². The van der Waals surface area contributed by atoms with Crippen LogP contribution in [0.4, 0.5) is 5.69 Å². The highest BCUT2D eigenvalue weighted by molar-refractivity contribution is 7.98. The van der Waals surface area contributed by atoms with Crippen LogP contribution in [0.15, 0.2) is 45.4 Å². The highest BCUT2D eigenvalue weighted by Crippen LogP contribution is 2.32. The van der Waals surface area contributed by atoms with Gasteiger partial charge in [0.2, 0.25) is 0 Å². The fourth-order valence-corrected chi connectivity index (χ4v) is 3.28. The molecule has 1 aromatic carbocycles. The predicted molar refractivity (Wildman–Crippen MR) is 86.8 cm³/mol. The first-order chi connectivity index (χ1) is 11.2. The van der Waals surface area contributed by atoms with Crippen LogP contribution in [0.3, 0.4) is 0 Å². The van der Waals surface area contributed by atoms with E-state index in [1.165, 1.54) is 42.3 Å². The summed E-state index contributed by atoms with van der Waals surface area (Å²) < 4.78 is 10.8. The minimum absolute atomic E-state index is 0.0196. The second-order valence-corrected chi connectivity index (χ2v) is 6.27. The quantitative estimate of drug-likeness (QED) is 0.377. The number of nitro benzene ring substituents is 1. The number of non-ortho nitro benzene ring substituents is 1. The average molecular weight is 349 g/mol. The van der Waals surface area contributed by atoms with Crippen molar-refractivity contribution in [2.24, 2.45) is 0 Å². The summed E-state index contributed by atoms with van der Waals surface area (Å²) in [6.07, 6.45) is 0. The zero-order valence-electron chi connectivity index (χ0n) is 12.0. The number of rotatable bonds is 6. The number of ether oxygens (including phenoxy) is 1. The fourth-order valence-electron chi connectivity index (χ4n) is 1.90. The van der Waals surface area contributed by atoms with E-state index >= 15 is 0 Å². The van der Waals surface area contributed by atoms with Gasteiger partial charge in [-0.3, -0.25) is 10.1 Å². The zero-order valence-corrected chi connectivity index (χ0v) is 13.6. The molecule has 0 saturated carbocycles. The van der Waals surface area contributed by atoms with Crippen molar-refractivity contribution in [2.75, 3.05) is 7.11 Å². The van der Waals surface area contributed by atoms with Crippen LogP contribution in [0, 0.1) is 10.1 Å². The van der Waals surface area contributed by atoms with Crippen molar-refractivity contribution in [3.63, 3.8) is 0 Å². The number of benzene rings is 1. The van der Waals surface area contributed by atoms with E-state index in [1.54, 1.807) is 6.07 Å². The number of thioether (sulfide) groups is 1. The van der Waals surface area contributed by atoms with E-state index in [-0.39, 0.29) is 5.69 Å². The van der Waals surface area contributed by atoms with Gasteiger partial charge in [-0.15, -0.1) is 21.5 Å². The summed E-state index contributed by atoms with van der Waals surface area (Å²) >= 11 is 2.82. The summed E-state index contributed by atoms with van der Waals surface area (Å²) in [7, 11) is 1.52. The van der Waals surface area contributed by atoms with E-state index in [2.05, 4.69) is 10.2 Å². The molecule has 0 saturated heterocycles. The zero-order chi connectivity index (χ0) is 16.2. The molecule has 3 rings (SSSR count). The van der Waals surface area contributed by atoms with Crippen LogP contribution in [0.25, 0.3) is 10.8 Å². The number of nitrogens with zero attached hydrogens (tertiary/aromatic N) is 3. The summed E-state index contributed by atoms with van der Waals surface area (Å²) in [5.41, 5.74) is 0.716. The van der Waals surface area contributed by atoms with Crippen molar-refractivity contribution in [1.29, 1.82) is 0 Å². The van der Waals surface area contributed by atoms with Gasteiger partial charge < -0.3 is 9.15 Å². The third kappa shape index (κ3) is 3.51. The van der Waals surface area contributed by atoms with Crippen LogP contribution >= 0.6 is 23.1 Å². The van der Waals surface area contributed by atoms with Gasteiger partial charge in [-0.25, -0.2) is 0 Å². The van der Waals surface area contributed by atoms with Crippen LogP contribution in [0.1, 0.15) is 5.56 Å². The van der Waals surface area contributed by atoms with Crippen molar-refractivity contribution in [3.05, 3.63) is 51.4 Å². The largest absolute Gasteiger partial charge is 0.496 e. The summed E-state index contributed by atoms with van der Waals surface area (Å²) in [6, 6.07) is 8.29. The number of hydrogen-bond donors (Lipinski definition) is 0. The molecule has 3 aromatic rings. The van der Waals surface area contributed by atoms with Gasteiger partial charge in [-0.05, 0) is 17.5 Å². The molecule has 118 valence electrons. The van der Waals surface area contributed by atoms with Crippen molar-refractivity contribution >= 4 is 28.8 Å². The third-order valence-corrected chi connectivity index (χ3v) is 4.69. The molecule has 2 heterocycles. The van der Waals surface area contributed by atoms with Crippen molar-refractivity contribution < 1.29 is 14.1 Å². The Labute approximate surface area is 139 Å². The SMILES string of the molecule is COc1ccc([N+](=O)[O-])cc1CSc1nnc(-c2cccs2)o1. The standard InChI is InChI=1S/C14H11N3O4S2/c1-20-11-5-4-10(17(18)19)7-9(11)8-23-14-16-15-13(21-14)12-3-2-6-22-12/h2-7H,8H2,1H3. The third-order valence-electron chi connectivity index (χ3n) is 2.96. The van der Waals surface area contributed by atoms with Crippen molar-refractivity contribution in [2.45, 2.75) is 11.0 Å². The van der Waals surface area contributed by atoms with Crippen LogP contribution in [0.5, 0.6) is 5.75 Å². The molecule has 0 radical (unpaired) electrons.